The van der Waals surface area contributed by atoms with E-state index in [1.807, 2.05) is 0 Å². The minimum Gasteiger partial charge on any atom is -0.317 e. The van der Waals surface area contributed by atoms with E-state index < -0.39 is 0 Å². The van der Waals surface area contributed by atoms with Crippen LogP contribution in [0.15, 0.2) is 0 Å². The van der Waals surface area contributed by atoms with Crippen molar-refractivity contribution >= 4 is 24.0 Å². The van der Waals surface area contributed by atoms with Crippen LogP contribution in [0.3, 0.4) is 0 Å². The number of halogens is 2. The number of nitrogens with one attached hydrogen (secondary N) is 1. The summed E-state index contributed by atoms with van der Waals surface area (Å²) in [6.45, 7) is 4.30. The molecule has 0 aromatic carbocycles. The van der Waals surface area contributed by atoms with E-state index in [0.29, 0.717) is 0 Å². The molecular weight excluding hydrogens is 157 g/mol. The van der Waals surface area contributed by atoms with Crippen LogP contribution in [-0.4, -0.2) is 19.0 Å². The van der Waals surface area contributed by atoms with Crippen molar-refractivity contribution in [3.63, 3.8) is 0 Å². The minimum absolute atomic E-state index is 0. The van der Waals surface area contributed by atoms with Crippen molar-refractivity contribution in [3.05, 3.63) is 0 Å². The van der Waals surface area contributed by atoms with Crippen molar-refractivity contribution in [2.45, 2.75) is 19.8 Å². The fourth-order valence-electron chi connectivity index (χ4n) is 0.521. The quantitative estimate of drug-likeness (QED) is 0.494. The third kappa shape index (κ3) is 11.9. The Morgan fingerprint density at radius 3 is 2.44 bits per heavy atom. The molecule has 1 nitrogen and oxygen atoms in total. The van der Waals surface area contributed by atoms with Crippen LogP contribution in [-0.2, 0) is 0 Å². The van der Waals surface area contributed by atoms with Gasteiger partial charge in [-0.05, 0) is 25.9 Å². The van der Waals surface area contributed by atoms with Gasteiger partial charge in [-0.1, -0.05) is 6.92 Å². The summed E-state index contributed by atoms with van der Waals surface area (Å²) < 4.78 is 0. The zero-order chi connectivity index (χ0) is 6.24. The van der Waals surface area contributed by atoms with Crippen molar-refractivity contribution in [2.24, 2.45) is 0 Å². The zero-order valence-corrected chi connectivity index (χ0v) is 7.39. The molecular formula is C6H15Cl2N. The normalized spacial score (nSPS) is 8.67. The van der Waals surface area contributed by atoms with Gasteiger partial charge in [0, 0.05) is 5.88 Å². The van der Waals surface area contributed by atoms with Gasteiger partial charge >= 0.3 is 0 Å². The molecule has 1 N–H and O–H groups in total. The summed E-state index contributed by atoms with van der Waals surface area (Å²) in [5, 5.41) is 3.22. The topological polar surface area (TPSA) is 12.0 Å². The second kappa shape index (κ2) is 11.4. The third-order valence-corrected chi connectivity index (χ3v) is 1.25. The Bertz CT molecular complexity index is 36.0. The van der Waals surface area contributed by atoms with Gasteiger partial charge in [-0.25, -0.2) is 0 Å². The van der Waals surface area contributed by atoms with E-state index in [-0.39, 0.29) is 12.4 Å². The second-order valence-electron chi connectivity index (χ2n) is 1.75. The SMILES string of the molecule is CCNCCCCCl.Cl. The van der Waals surface area contributed by atoms with Crippen LogP contribution in [0, 0.1) is 0 Å². The second-order valence-corrected chi connectivity index (χ2v) is 2.13. The average Bonchev–Trinajstić information content (AvgIpc) is 1.81. The lowest BCUT2D eigenvalue weighted by atomic mass is 10.3. The van der Waals surface area contributed by atoms with Gasteiger partial charge in [-0.15, -0.1) is 24.0 Å². The first-order chi connectivity index (χ1) is 3.91. The summed E-state index contributed by atoms with van der Waals surface area (Å²) in [5.41, 5.74) is 0. The monoisotopic (exact) mass is 171 g/mol. The summed E-state index contributed by atoms with van der Waals surface area (Å²) in [6.07, 6.45) is 2.34. The van der Waals surface area contributed by atoms with E-state index in [1.165, 1.54) is 6.42 Å². The molecule has 0 aromatic rings. The van der Waals surface area contributed by atoms with Crippen molar-refractivity contribution in [1.29, 1.82) is 0 Å². The highest BCUT2D eigenvalue weighted by atomic mass is 35.5. The largest absolute Gasteiger partial charge is 0.317 e. The Labute approximate surface area is 68.6 Å². The number of alkyl halides is 1. The Hall–Kier alpha value is 0.540. The minimum atomic E-state index is 0. The van der Waals surface area contributed by atoms with E-state index in [2.05, 4.69) is 12.2 Å². The summed E-state index contributed by atoms with van der Waals surface area (Å²) in [6, 6.07) is 0. The molecule has 9 heavy (non-hydrogen) atoms. The highest BCUT2D eigenvalue weighted by molar-refractivity contribution is 6.17. The van der Waals surface area contributed by atoms with Crippen LogP contribution in [0.5, 0.6) is 0 Å². The number of hydrogen-bond acceptors (Lipinski definition) is 1. The molecule has 0 fully saturated rings. The number of unbranched alkanes of at least 4 members (excludes halogenated alkanes) is 1. The molecule has 0 heterocycles. The third-order valence-electron chi connectivity index (χ3n) is 0.987. The molecule has 3 heteroatoms. The van der Waals surface area contributed by atoms with Crippen LogP contribution in [0.25, 0.3) is 0 Å². The molecule has 0 aliphatic rings. The number of hydrogen-bond donors (Lipinski definition) is 1. The fraction of sp³-hybridized carbons (Fsp3) is 1.00. The Morgan fingerprint density at radius 2 is 2.00 bits per heavy atom. The van der Waals surface area contributed by atoms with Gasteiger partial charge in [0.25, 0.3) is 0 Å². The molecule has 0 spiro atoms. The molecule has 0 amide bonds. The summed E-state index contributed by atoms with van der Waals surface area (Å²) >= 11 is 5.45. The van der Waals surface area contributed by atoms with E-state index in [1.54, 1.807) is 0 Å². The van der Waals surface area contributed by atoms with E-state index in [9.17, 15) is 0 Å². The van der Waals surface area contributed by atoms with Gasteiger partial charge in [-0.3, -0.25) is 0 Å². The van der Waals surface area contributed by atoms with Crippen LogP contribution in [0.2, 0.25) is 0 Å². The van der Waals surface area contributed by atoms with E-state index >= 15 is 0 Å². The molecule has 0 aliphatic carbocycles. The molecule has 0 atom stereocenters. The molecule has 0 unspecified atom stereocenters. The van der Waals surface area contributed by atoms with E-state index in [4.69, 9.17) is 11.6 Å². The Balaban J connectivity index is 0. The summed E-state index contributed by atoms with van der Waals surface area (Å²) in [4.78, 5) is 0. The van der Waals surface area contributed by atoms with Crippen LogP contribution < -0.4 is 5.32 Å². The highest BCUT2D eigenvalue weighted by Crippen LogP contribution is 1.88. The average molecular weight is 172 g/mol. The molecule has 0 saturated carbocycles. The predicted octanol–water partition coefficient (Wildman–Crippen LogP) is 2.04. The van der Waals surface area contributed by atoms with Gasteiger partial charge in [-0.2, -0.15) is 0 Å². The highest BCUT2D eigenvalue weighted by Gasteiger charge is 1.82. The smallest absolute Gasteiger partial charge is 0.0223 e. The van der Waals surface area contributed by atoms with Gasteiger partial charge in [0.1, 0.15) is 0 Å². The summed E-state index contributed by atoms with van der Waals surface area (Å²) in [5.74, 6) is 0.797. The Morgan fingerprint density at radius 1 is 1.33 bits per heavy atom. The first-order valence-corrected chi connectivity index (χ1v) is 3.72. The summed E-state index contributed by atoms with van der Waals surface area (Å²) in [7, 11) is 0. The lowest BCUT2D eigenvalue weighted by Gasteiger charge is -1.96. The maximum Gasteiger partial charge on any atom is 0.0223 e. The number of rotatable bonds is 5. The molecule has 0 bridgehead atoms. The Kier molecular flexibility index (Phi) is 15.4. The van der Waals surface area contributed by atoms with Gasteiger partial charge in [0.05, 0.1) is 0 Å². The predicted molar refractivity (Wildman–Crippen MR) is 45.7 cm³/mol. The van der Waals surface area contributed by atoms with Gasteiger partial charge in [0.15, 0.2) is 0 Å². The molecule has 0 radical (unpaired) electrons. The first-order valence-electron chi connectivity index (χ1n) is 3.18. The van der Waals surface area contributed by atoms with Crippen molar-refractivity contribution < 1.29 is 0 Å². The maximum absolute atomic E-state index is 5.45. The zero-order valence-electron chi connectivity index (χ0n) is 5.82. The van der Waals surface area contributed by atoms with Gasteiger partial charge in [0.2, 0.25) is 0 Å². The molecule has 0 aromatic heterocycles. The van der Waals surface area contributed by atoms with Gasteiger partial charge < -0.3 is 5.32 Å². The molecule has 0 aliphatic heterocycles. The molecule has 0 saturated heterocycles. The standard InChI is InChI=1S/C6H14ClN.ClH/c1-2-8-6-4-3-5-7;/h8H,2-6H2,1H3;1H. The van der Waals surface area contributed by atoms with Crippen molar-refractivity contribution in [2.75, 3.05) is 19.0 Å². The van der Waals surface area contributed by atoms with E-state index in [0.717, 1.165) is 25.4 Å². The van der Waals surface area contributed by atoms with Crippen LogP contribution in [0.4, 0.5) is 0 Å². The van der Waals surface area contributed by atoms with Crippen molar-refractivity contribution in [3.8, 4) is 0 Å². The van der Waals surface area contributed by atoms with Crippen LogP contribution in [0.1, 0.15) is 19.8 Å². The maximum atomic E-state index is 5.45. The lowest BCUT2D eigenvalue weighted by Crippen LogP contribution is -2.13. The van der Waals surface area contributed by atoms with Crippen LogP contribution >= 0.6 is 24.0 Å². The first kappa shape index (κ1) is 12.2. The lowest BCUT2D eigenvalue weighted by molar-refractivity contribution is 0.665. The molecule has 58 valence electrons. The fourth-order valence-corrected chi connectivity index (χ4v) is 0.710. The van der Waals surface area contributed by atoms with Crippen molar-refractivity contribution in [1.82, 2.24) is 5.32 Å². The molecule has 0 rings (SSSR count).